The summed E-state index contributed by atoms with van der Waals surface area (Å²) in [5, 5.41) is 2.54. The summed E-state index contributed by atoms with van der Waals surface area (Å²) in [6, 6.07) is 9.06. The first-order chi connectivity index (χ1) is 11.4. The van der Waals surface area contributed by atoms with Gasteiger partial charge in [0.15, 0.2) is 0 Å². The van der Waals surface area contributed by atoms with Gasteiger partial charge in [-0.25, -0.2) is 17.5 Å². The molecule has 0 aliphatic rings. The molecule has 1 aromatic heterocycles. The van der Waals surface area contributed by atoms with Crippen molar-refractivity contribution in [1.29, 1.82) is 0 Å². The molecule has 0 fully saturated rings. The first-order valence-corrected chi connectivity index (χ1v) is 8.97. The van der Waals surface area contributed by atoms with Crippen LogP contribution >= 0.6 is 0 Å². The number of rotatable bonds is 8. The van der Waals surface area contributed by atoms with Crippen LogP contribution in [0.4, 0.5) is 4.39 Å². The van der Waals surface area contributed by atoms with Gasteiger partial charge in [-0.2, -0.15) is 0 Å². The van der Waals surface area contributed by atoms with Gasteiger partial charge in [0, 0.05) is 25.5 Å². The minimum atomic E-state index is -3.50. The minimum absolute atomic E-state index is 0.00238. The number of aromatic nitrogens is 1. The number of amides is 1. The number of carbonyl (C=O) groups is 1. The standard InChI is InChI=1S/C16H18FN3O3S/c17-15-5-3-13(4-6-15)10-16(21)19-8-9-24(22,23)20-12-14-2-1-7-18-11-14/h1-7,11,20H,8-10,12H2,(H,19,21). The Morgan fingerprint density at radius 2 is 1.88 bits per heavy atom. The van der Waals surface area contributed by atoms with E-state index in [2.05, 4.69) is 15.0 Å². The Morgan fingerprint density at radius 3 is 2.54 bits per heavy atom. The molecule has 1 heterocycles. The van der Waals surface area contributed by atoms with Crippen molar-refractivity contribution in [2.45, 2.75) is 13.0 Å². The molecule has 0 radical (unpaired) electrons. The SMILES string of the molecule is O=C(Cc1ccc(F)cc1)NCCS(=O)(=O)NCc1cccnc1. The molecule has 0 saturated carbocycles. The maximum atomic E-state index is 12.8. The molecule has 24 heavy (non-hydrogen) atoms. The van der Waals surface area contributed by atoms with E-state index < -0.39 is 10.0 Å². The molecule has 8 heteroatoms. The van der Waals surface area contributed by atoms with E-state index in [-0.39, 0.29) is 37.0 Å². The highest BCUT2D eigenvalue weighted by atomic mass is 32.2. The van der Waals surface area contributed by atoms with Crippen LogP contribution in [-0.2, 0) is 27.8 Å². The molecule has 1 aromatic carbocycles. The second-order valence-electron chi connectivity index (χ2n) is 5.15. The van der Waals surface area contributed by atoms with Gasteiger partial charge in [0.05, 0.1) is 12.2 Å². The molecule has 2 aromatic rings. The van der Waals surface area contributed by atoms with E-state index in [9.17, 15) is 17.6 Å². The molecule has 0 aliphatic heterocycles. The summed E-state index contributed by atoms with van der Waals surface area (Å²) >= 11 is 0. The van der Waals surface area contributed by atoms with Crippen molar-refractivity contribution in [2.75, 3.05) is 12.3 Å². The molecular weight excluding hydrogens is 333 g/mol. The van der Waals surface area contributed by atoms with E-state index in [1.54, 1.807) is 24.5 Å². The van der Waals surface area contributed by atoms with Gasteiger partial charge in [-0.1, -0.05) is 18.2 Å². The summed E-state index contributed by atoms with van der Waals surface area (Å²) in [5.41, 5.74) is 1.41. The third kappa shape index (κ3) is 6.43. The largest absolute Gasteiger partial charge is 0.355 e. The summed E-state index contributed by atoms with van der Waals surface area (Å²) < 4.78 is 38.9. The molecule has 0 aliphatic carbocycles. The average molecular weight is 351 g/mol. The highest BCUT2D eigenvalue weighted by Crippen LogP contribution is 2.03. The fourth-order valence-corrected chi connectivity index (χ4v) is 2.84. The van der Waals surface area contributed by atoms with Crippen LogP contribution in [0.1, 0.15) is 11.1 Å². The molecule has 0 bridgehead atoms. The van der Waals surface area contributed by atoms with E-state index in [1.807, 2.05) is 0 Å². The quantitative estimate of drug-likeness (QED) is 0.743. The van der Waals surface area contributed by atoms with Gasteiger partial charge in [0.1, 0.15) is 5.82 Å². The number of sulfonamides is 1. The number of carbonyl (C=O) groups excluding carboxylic acids is 1. The van der Waals surface area contributed by atoms with E-state index >= 15 is 0 Å². The van der Waals surface area contributed by atoms with Crippen molar-refractivity contribution >= 4 is 15.9 Å². The van der Waals surface area contributed by atoms with Crippen LogP contribution in [-0.4, -0.2) is 31.6 Å². The monoisotopic (exact) mass is 351 g/mol. The van der Waals surface area contributed by atoms with E-state index in [0.29, 0.717) is 5.56 Å². The molecule has 2 rings (SSSR count). The fraction of sp³-hybridized carbons (Fsp3) is 0.250. The zero-order chi connectivity index (χ0) is 17.4. The van der Waals surface area contributed by atoms with Crippen molar-refractivity contribution in [1.82, 2.24) is 15.0 Å². The third-order valence-electron chi connectivity index (χ3n) is 3.19. The Balaban J connectivity index is 1.72. The topological polar surface area (TPSA) is 88.2 Å². The second-order valence-corrected chi connectivity index (χ2v) is 7.08. The number of hydrogen-bond acceptors (Lipinski definition) is 4. The molecule has 6 nitrogen and oxygen atoms in total. The van der Waals surface area contributed by atoms with Crippen LogP contribution in [0.15, 0.2) is 48.8 Å². The number of benzene rings is 1. The average Bonchev–Trinajstić information content (AvgIpc) is 2.56. The summed E-state index contributed by atoms with van der Waals surface area (Å²) in [4.78, 5) is 15.6. The lowest BCUT2D eigenvalue weighted by molar-refractivity contribution is -0.120. The molecule has 0 unspecified atom stereocenters. The maximum absolute atomic E-state index is 12.8. The van der Waals surface area contributed by atoms with Crippen LogP contribution in [0.2, 0.25) is 0 Å². The van der Waals surface area contributed by atoms with Gasteiger partial charge < -0.3 is 5.32 Å². The van der Waals surface area contributed by atoms with Crippen molar-refractivity contribution in [3.63, 3.8) is 0 Å². The highest BCUT2D eigenvalue weighted by Gasteiger charge is 2.11. The first kappa shape index (κ1) is 18.0. The Labute approximate surface area is 140 Å². The normalized spacial score (nSPS) is 11.2. The molecule has 0 atom stereocenters. The zero-order valence-electron chi connectivity index (χ0n) is 12.9. The predicted octanol–water partition coefficient (Wildman–Crippen LogP) is 0.999. The van der Waals surface area contributed by atoms with Crippen LogP contribution in [0.5, 0.6) is 0 Å². The Morgan fingerprint density at radius 1 is 1.12 bits per heavy atom. The van der Waals surface area contributed by atoms with E-state index in [1.165, 1.54) is 24.3 Å². The second kappa shape index (κ2) is 8.51. The van der Waals surface area contributed by atoms with Gasteiger partial charge in [0.2, 0.25) is 15.9 Å². The lowest BCUT2D eigenvalue weighted by Crippen LogP contribution is -2.34. The van der Waals surface area contributed by atoms with Gasteiger partial charge >= 0.3 is 0 Å². The summed E-state index contributed by atoms with van der Waals surface area (Å²) in [5.74, 6) is -0.906. The zero-order valence-corrected chi connectivity index (χ0v) is 13.7. The van der Waals surface area contributed by atoms with Crippen molar-refractivity contribution in [2.24, 2.45) is 0 Å². The molecule has 2 N–H and O–H groups in total. The van der Waals surface area contributed by atoms with Crippen molar-refractivity contribution < 1.29 is 17.6 Å². The maximum Gasteiger partial charge on any atom is 0.224 e. The number of nitrogens with zero attached hydrogens (tertiary/aromatic N) is 1. The minimum Gasteiger partial charge on any atom is -0.355 e. The van der Waals surface area contributed by atoms with E-state index in [4.69, 9.17) is 0 Å². The van der Waals surface area contributed by atoms with Crippen molar-refractivity contribution in [3.05, 3.63) is 65.7 Å². The first-order valence-electron chi connectivity index (χ1n) is 7.32. The summed E-state index contributed by atoms with van der Waals surface area (Å²) in [7, 11) is -3.50. The predicted molar refractivity (Wildman–Crippen MR) is 88.0 cm³/mol. The van der Waals surface area contributed by atoms with Gasteiger partial charge in [-0.05, 0) is 29.3 Å². The van der Waals surface area contributed by atoms with Crippen LogP contribution in [0.3, 0.4) is 0 Å². The number of nitrogens with one attached hydrogen (secondary N) is 2. The number of halogens is 1. The van der Waals surface area contributed by atoms with Crippen LogP contribution < -0.4 is 10.0 Å². The summed E-state index contributed by atoms with van der Waals surface area (Å²) in [6.07, 6.45) is 3.26. The smallest absolute Gasteiger partial charge is 0.224 e. The molecular formula is C16H18FN3O3S. The van der Waals surface area contributed by atoms with Crippen LogP contribution in [0.25, 0.3) is 0 Å². The molecule has 1 amide bonds. The number of pyridine rings is 1. The van der Waals surface area contributed by atoms with Gasteiger partial charge in [-0.3, -0.25) is 9.78 Å². The Kier molecular flexibility index (Phi) is 6.39. The third-order valence-corrected chi connectivity index (χ3v) is 4.52. The lowest BCUT2D eigenvalue weighted by atomic mass is 10.1. The van der Waals surface area contributed by atoms with Gasteiger partial charge in [-0.15, -0.1) is 0 Å². The highest BCUT2D eigenvalue weighted by molar-refractivity contribution is 7.89. The van der Waals surface area contributed by atoms with Crippen molar-refractivity contribution in [3.8, 4) is 0 Å². The summed E-state index contributed by atoms with van der Waals surface area (Å²) in [6.45, 7) is 0.155. The number of hydrogen-bond donors (Lipinski definition) is 2. The fourth-order valence-electron chi connectivity index (χ4n) is 1.94. The Bertz CT molecular complexity index is 765. The van der Waals surface area contributed by atoms with Gasteiger partial charge in [0.25, 0.3) is 0 Å². The molecule has 0 saturated heterocycles. The Hall–Kier alpha value is -2.32. The molecule has 128 valence electrons. The molecule has 0 spiro atoms. The lowest BCUT2D eigenvalue weighted by Gasteiger charge is -2.08. The van der Waals surface area contributed by atoms with Crippen LogP contribution in [0, 0.1) is 5.82 Å². The van der Waals surface area contributed by atoms with E-state index in [0.717, 1.165) is 5.56 Å².